The van der Waals surface area contributed by atoms with Crippen LogP contribution < -0.4 is 5.32 Å². The highest BCUT2D eigenvalue weighted by atomic mass is 16.3. The van der Waals surface area contributed by atoms with Crippen molar-refractivity contribution in [1.82, 2.24) is 10.2 Å². The fourth-order valence-electron chi connectivity index (χ4n) is 2.89. The van der Waals surface area contributed by atoms with E-state index in [-0.39, 0.29) is 6.04 Å². The van der Waals surface area contributed by atoms with Crippen molar-refractivity contribution in [2.24, 2.45) is 0 Å². The predicted octanol–water partition coefficient (Wildman–Crippen LogP) is 2.44. The first kappa shape index (κ1) is 13.4. The molecule has 2 N–H and O–H groups in total. The van der Waals surface area contributed by atoms with Crippen LogP contribution in [0, 0.1) is 6.92 Å². The average molecular weight is 248 g/mol. The van der Waals surface area contributed by atoms with Crippen molar-refractivity contribution in [3.05, 3.63) is 29.3 Å². The smallest absolute Gasteiger partial charge is 0.120 e. The van der Waals surface area contributed by atoms with Gasteiger partial charge >= 0.3 is 0 Å². The molecular weight excluding hydrogens is 224 g/mol. The molecule has 2 rings (SSSR count). The molecule has 1 saturated heterocycles. The molecule has 3 atom stereocenters. The zero-order valence-corrected chi connectivity index (χ0v) is 11.8. The van der Waals surface area contributed by atoms with Crippen LogP contribution in [-0.4, -0.2) is 35.2 Å². The molecule has 0 spiro atoms. The molecule has 0 radical (unpaired) electrons. The van der Waals surface area contributed by atoms with Gasteiger partial charge in [0.1, 0.15) is 5.75 Å². The molecule has 0 saturated carbocycles. The van der Waals surface area contributed by atoms with Crippen LogP contribution >= 0.6 is 0 Å². The first-order valence-corrected chi connectivity index (χ1v) is 6.77. The number of benzene rings is 1. The van der Waals surface area contributed by atoms with E-state index < -0.39 is 0 Å². The molecule has 0 aliphatic carbocycles. The van der Waals surface area contributed by atoms with Crippen LogP contribution in [0.4, 0.5) is 0 Å². The lowest BCUT2D eigenvalue weighted by molar-refractivity contribution is 0.130. The number of phenolic OH excluding ortho intramolecular Hbond substituents is 1. The van der Waals surface area contributed by atoms with Crippen LogP contribution in [0.2, 0.25) is 0 Å². The molecule has 3 heteroatoms. The average Bonchev–Trinajstić information content (AvgIpc) is 2.30. The number of nitrogens with zero attached hydrogens (tertiary/aromatic N) is 1. The van der Waals surface area contributed by atoms with Crippen molar-refractivity contribution in [2.45, 2.75) is 45.8 Å². The van der Waals surface area contributed by atoms with E-state index in [1.54, 1.807) is 6.07 Å². The zero-order valence-electron chi connectivity index (χ0n) is 11.8. The summed E-state index contributed by atoms with van der Waals surface area (Å²) in [5.74, 6) is 0.409. The van der Waals surface area contributed by atoms with Crippen LogP contribution in [0.5, 0.6) is 5.75 Å². The molecule has 1 heterocycles. The van der Waals surface area contributed by atoms with E-state index in [2.05, 4.69) is 44.0 Å². The first-order valence-electron chi connectivity index (χ1n) is 6.77. The van der Waals surface area contributed by atoms with E-state index in [1.807, 2.05) is 6.07 Å². The third-order valence-corrected chi connectivity index (χ3v) is 3.77. The molecule has 1 aromatic carbocycles. The standard InChI is InChI=1S/C15H24N2O/c1-10-5-6-15(18)14(7-10)13(4)17-8-11(2)16-12(3)9-17/h5-7,11-13,16,18H,8-9H2,1-4H3. The molecule has 3 nitrogen and oxygen atoms in total. The summed E-state index contributed by atoms with van der Waals surface area (Å²) in [6.45, 7) is 10.7. The Balaban J connectivity index is 2.19. The van der Waals surface area contributed by atoms with E-state index in [9.17, 15) is 5.11 Å². The Bertz CT molecular complexity index is 409. The third kappa shape index (κ3) is 2.85. The van der Waals surface area contributed by atoms with Gasteiger partial charge in [0.05, 0.1) is 0 Å². The second-order valence-corrected chi connectivity index (χ2v) is 5.66. The maximum atomic E-state index is 10.0. The lowest BCUT2D eigenvalue weighted by atomic mass is 10.0. The number of hydrogen-bond donors (Lipinski definition) is 2. The number of piperazine rings is 1. The molecular formula is C15H24N2O. The molecule has 18 heavy (non-hydrogen) atoms. The molecule has 1 aliphatic rings. The van der Waals surface area contributed by atoms with Gasteiger partial charge < -0.3 is 10.4 Å². The van der Waals surface area contributed by atoms with Gasteiger partial charge in [-0.15, -0.1) is 0 Å². The van der Waals surface area contributed by atoms with E-state index in [4.69, 9.17) is 0 Å². The minimum Gasteiger partial charge on any atom is -0.508 e. The number of nitrogens with one attached hydrogen (secondary N) is 1. The molecule has 1 aliphatic heterocycles. The van der Waals surface area contributed by atoms with Crippen LogP contribution in [0.25, 0.3) is 0 Å². The second kappa shape index (κ2) is 5.29. The Hall–Kier alpha value is -1.06. The minimum absolute atomic E-state index is 0.261. The number of rotatable bonds is 2. The van der Waals surface area contributed by atoms with Gasteiger partial charge in [0, 0.05) is 36.8 Å². The fraction of sp³-hybridized carbons (Fsp3) is 0.600. The summed E-state index contributed by atoms with van der Waals surface area (Å²) < 4.78 is 0. The lowest BCUT2D eigenvalue weighted by Crippen LogP contribution is -2.54. The summed E-state index contributed by atoms with van der Waals surface area (Å²) in [4.78, 5) is 2.44. The van der Waals surface area contributed by atoms with Gasteiger partial charge in [-0.1, -0.05) is 17.7 Å². The molecule has 100 valence electrons. The number of aromatic hydroxyl groups is 1. The summed E-state index contributed by atoms with van der Waals surface area (Å²) >= 11 is 0. The number of hydrogen-bond acceptors (Lipinski definition) is 3. The Kier molecular flexibility index (Phi) is 3.93. The van der Waals surface area contributed by atoms with Gasteiger partial charge in [0.15, 0.2) is 0 Å². The van der Waals surface area contributed by atoms with Crippen LogP contribution in [0.1, 0.15) is 37.9 Å². The first-order chi connectivity index (χ1) is 8.47. The highest BCUT2D eigenvalue weighted by molar-refractivity contribution is 5.37. The van der Waals surface area contributed by atoms with Gasteiger partial charge in [0.2, 0.25) is 0 Å². The Morgan fingerprint density at radius 3 is 2.50 bits per heavy atom. The van der Waals surface area contributed by atoms with Gasteiger partial charge in [-0.05, 0) is 33.8 Å². The van der Waals surface area contributed by atoms with Crippen molar-refractivity contribution >= 4 is 0 Å². The topological polar surface area (TPSA) is 35.5 Å². The summed E-state index contributed by atoms with van der Waals surface area (Å²) in [5, 5.41) is 13.6. The van der Waals surface area contributed by atoms with Gasteiger partial charge in [0.25, 0.3) is 0 Å². The molecule has 1 aromatic rings. The Morgan fingerprint density at radius 1 is 1.28 bits per heavy atom. The van der Waals surface area contributed by atoms with Crippen molar-refractivity contribution < 1.29 is 5.11 Å². The molecule has 1 fully saturated rings. The van der Waals surface area contributed by atoms with Crippen LogP contribution in [0.15, 0.2) is 18.2 Å². The molecule has 0 aromatic heterocycles. The largest absolute Gasteiger partial charge is 0.508 e. The van der Waals surface area contributed by atoms with Crippen molar-refractivity contribution in [1.29, 1.82) is 0 Å². The Labute approximate surface area is 110 Å². The number of phenols is 1. The van der Waals surface area contributed by atoms with E-state index in [1.165, 1.54) is 5.56 Å². The summed E-state index contributed by atoms with van der Waals surface area (Å²) in [6, 6.07) is 7.12. The van der Waals surface area contributed by atoms with E-state index in [0.29, 0.717) is 17.8 Å². The quantitative estimate of drug-likeness (QED) is 0.844. The van der Waals surface area contributed by atoms with Crippen LogP contribution in [-0.2, 0) is 0 Å². The maximum Gasteiger partial charge on any atom is 0.120 e. The number of aryl methyl sites for hydroxylation is 1. The molecule has 0 bridgehead atoms. The van der Waals surface area contributed by atoms with Gasteiger partial charge in [-0.25, -0.2) is 0 Å². The van der Waals surface area contributed by atoms with E-state index >= 15 is 0 Å². The van der Waals surface area contributed by atoms with Crippen molar-refractivity contribution in [2.75, 3.05) is 13.1 Å². The molecule has 0 amide bonds. The summed E-state index contributed by atoms with van der Waals surface area (Å²) in [5.41, 5.74) is 2.24. The van der Waals surface area contributed by atoms with Crippen LogP contribution in [0.3, 0.4) is 0 Å². The fourth-order valence-corrected chi connectivity index (χ4v) is 2.89. The minimum atomic E-state index is 0.261. The second-order valence-electron chi connectivity index (χ2n) is 5.66. The highest BCUT2D eigenvalue weighted by Crippen LogP contribution is 2.30. The monoisotopic (exact) mass is 248 g/mol. The van der Waals surface area contributed by atoms with Gasteiger partial charge in [-0.2, -0.15) is 0 Å². The van der Waals surface area contributed by atoms with Crippen molar-refractivity contribution in [3.8, 4) is 5.75 Å². The van der Waals surface area contributed by atoms with Crippen molar-refractivity contribution in [3.63, 3.8) is 0 Å². The predicted molar refractivity (Wildman–Crippen MR) is 74.9 cm³/mol. The lowest BCUT2D eigenvalue weighted by Gasteiger charge is -2.40. The SMILES string of the molecule is Cc1ccc(O)c(C(C)N2CC(C)NC(C)C2)c1. The van der Waals surface area contributed by atoms with Gasteiger partial charge in [-0.3, -0.25) is 4.90 Å². The Morgan fingerprint density at radius 2 is 1.89 bits per heavy atom. The van der Waals surface area contributed by atoms with E-state index in [0.717, 1.165) is 18.7 Å². The summed E-state index contributed by atoms with van der Waals surface area (Å²) in [6.07, 6.45) is 0. The molecule has 3 unspecified atom stereocenters. The zero-order chi connectivity index (χ0) is 13.3. The maximum absolute atomic E-state index is 10.0. The highest BCUT2D eigenvalue weighted by Gasteiger charge is 2.26. The normalized spacial score (nSPS) is 27.1. The summed E-state index contributed by atoms with van der Waals surface area (Å²) in [7, 11) is 0. The third-order valence-electron chi connectivity index (χ3n) is 3.77.